The molecule has 0 aromatic heterocycles. The van der Waals surface area contributed by atoms with Crippen LogP contribution in [0.1, 0.15) is 37.3 Å². The number of hydrogen-bond acceptors (Lipinski definition) is 3. The van der Waals surface area contributed by atoms with Gasteiger partial charge in [-0.1, -0.05) is 38.1 Å². The van der Waals surface area contributed by atoms with Crippen molar-refractivity contribution in [2.75, 3.05) is 20.3 Å². The fourth-order valence-corrected chi connectivity index (χ4v) is 1.80. The number of aliphatic hydroxyl groups is 1. The summed E-state index contributed by atoms with van der Waals surface area (Å²) in [4.78, 5) is 0. The van der Waals surface area contributed by atoms with Gasteiger partial charge in [0.15, 0.2) is 0 Å². The zero-order valence-corrected chi connectivity index (χ0v) is 11.6. The van der Waals surface area contributed by atoms with Crippen LogP contribution in [0.5, 0.6) is 0 Å². The van der Waals surface area contributed by atoms with Gasteiger partial charge in [0.1, 0.15) is 0 Å². The van der Waals surface area contributed by atoms with Gasteiger partial charge in [0.25, 0.3) is 0 Å². The van der Waals surface area contributed by atoms with Crippen molar-refractivity contribution in [1.29, 1.82) is 0 Å². The summed E-state index contributed by atoms with van der Waals surface area (Å²) in [5.74, 6) is 0.568. The summed E-state index contributed by atoms with van der Waals surface area (Å²) in [6.07, 6.45) is 0.830. The molecule has 0 aliphatic rings. The lowest BCUT2D eigenvalue weighted by atomic mass is 10.0. The normalized spacial score (nSPS) is 12.9. The van der Waals surface area contributed by atoms with Gasteiger partial charge in [0.2, 0.25) is 0 Å². The Balaban J connectivity index is 2.42. The van der Waals surface area contributed by atoms with E-state index in [-0.39, 0.29) is 12.6 Å². The number of nitrogens with one attached hydrogen (secondary N) is 1. The standard InChI is InChI=1S/C15H25NO2/c1-12(2)14-6-4-13(5-7-14)10-16-15(11-17)8-9-18-3/h4-7,12,15-17H,8-11H2,1-3H3. The van der Waals surface area contributed by atoms with Gasteiger partial charge in [-0.25, -0.2) is 0 Å². The molecule has 102 valence electrons. The molecule has 0 aliphatic carbocycles. The molecule has 0 spiro atoms. The Kier molecular flexibility index (Phi) is 6.94. The summed E-state index contributed by atoms with van der Waals surface area (Å²) in [7, 11) is 1.68. The smallest absolute Gasteiger partial charge is 0.0585 e. The minimum absolute atomic E-state index is 0.106. The summed E-state index contributed by atoms with van der Waals surface area (Å²) < 4.78 is 5.02. The van der Waals surface area contributed by atoms with Gasteiger partial charge >= 0.3 is 0 Å². The van der Waals surface area contributed by atoms with E-state index in [1.807, 2.05) is 0 Å². The molecule has 3 heteroatoms. The highest BCUT2D eigenvalue weighted by atomic mass is 16.5. The zero-order chi connectivity index (χ0) is 13.4. The third-order valence-corrected chi connectivity index (χ3v) is 3.13. The lowest BCUT2D eigenvalue weighted by molar-refractivity contribution is 0.159. The quantitative estimate of drug-likeness (QED) is 0.745. The summed E-state index contributed by atoms with van der Waals surface area (Å²) in [5.41, 5.74) is 2.60. The maximum Gasteiger partial charge on any atom is 0.0585 e. The van der Waals surface area contributed by atoms with Crippen LogP contribution in [0.25, 0.3) is 0 Å². The second-order valence-electron chi connectivity index (χ2n) is 4.94. The fourth-order valence-electron chi connectivity index (χ4n) is 1.80. The summed E-state index contributed by atoms with van der Waals surface area (Å²) in [6.45, 7) is 5.99. The SMILES string of the molecule is COCCC(CO)NCc1ccc(C(C)C)cc1. The van der Waals surface area contributed by atoms with E-state index < -0.39 is 0 Å². The van der Waals surface area contributed by atoms with Crippen LogP contribution in [-0.4, -0.2) is 31.5 Å². The Morgan fingerprint density at radius 1 is 1.22 bits per heavy atom. The predicted octanol–water partition coefficient (Wildman–Crippen LogP) is 2.30. The van der Waals surface area contributed by atoms with Crippen molar-refractivity contribution < 1.29 is 9.84 Å². The van der Waals surface area contributed by atoms with Crippen LogP contribution in [-0.2, 0) is 11.3 Å². The van der Waals surface area contributed by atoms with Crippen molar-refractivity contribution in [2.24, 2.45) is 0 Å². The van der Waals surface area contributed by atoms with E-state index in [2.05, 4.69) is 43.4 Å². The third-order valence-electron chi connectivity index (χ3n) is 3.13. The Morgan fingerprint density at radius 2 is 1.89 bits per heavy atom. The second kappa shape index (κ2) is 8.25. The van der Waals surface area contributed by atoms with Gasteiger partial charge in [0, 0.05) is 26.3 Å². The molecule has 1 unspecified atom stereocenters. The molecule has 1 aromatic carbocycles. The molecule has 0 radical (unpaired) electrons. The Labute approximate surface area is 110 Å². The molecule has 3 nitrogen and oxygen atoms in total. The molecule has 0 fully saturated rings. The number of aliphatic hydroxyl groups excluding tert-OH is 1. The lowest BCUT2D eigenvalue weighted by Crippen LogP contribution is -2.33. The van der Waals surface area contributed by atoms with Gasteiger partial charge in [-0.15, -0.1) is 0 Å². The van der Waals surface area contributed by atoms with E-state index in [1.165, 1.54) is 11.1 Å². The van der Waals surface area contributed by atoms with Gasteiger partial charge in [0.05, 0.1) is 6.61 Å². The minimum atomic E-state index is 0.106. The largest absolute Gasteiger partial charge is 0.395 e. The van der Waals surface area contributed by atoms with Crippen molar-refractivity contribution >= 4 is 0 Å². The van der Waals surface area contributed by atoms with Crippen LogP contribution >= 0.6 is 0 Å². The first kappa shape index (κ1) is 15.2. The second-order valence-corrected chi connectivity index (χ2v) is 4.94. The Hall–Kier alpha value is -0.900. The first-order valence-electron chi connectivity index (χ1n) is 6.59. The van der Waals surface area contributed by atoms with Crippen molar-refractivity contribution in [3.63, 3.8) is 0 Å². The van der Waals surface area contributed by atoms with E-state index in [1.54, 1.807) is 7.11 Å². The number of methoxy groups -OCH3 is 1. The van der Waals surface area contributed by atoms with Crippen LogP contribution in [0.4, 0.5) is 0 Å². The molecular formula is C15H25NO2. The molecule has 0 saturated carbocycles. The van der Waals surface area contributed by atoms with Crippen molar-refractivity contribution in [3.05, 3.63) is 35.4 Å². The van der Waals surface area contributed by atoms with Crippen molar-refractivity contribution in [1.82, 2.24) is 5.32 Å². The van der Waals surface area contributed by atoms with E-state index >= 15 is 0 Å². The molecule has 0 aliphatic heterocycles. The number of ether oxygens (including phenoxy) is 1. The summed E-state index contributed by atoms with van der Waals surface area (Å²) in [6, 6.07) is 8.74. The summed E-state index contributed by atoms with van der Waals surface area (Å²) >= 11 is 0. The van der Waals surface area contributed by atoms with Gasteiger partial charge < -0.3 is 15.2 Å². The maximum absolute atomic E-state index is 9.23. The molecule has 2 N–H and O–H groups in total. The first-order valence-corrected chi connectivity index (χ1v) is 6.59. The topological polar surface area (TPSA) is 41.5 Å². The van der Waals surface area contributed by atoms with Crippen LogP contribution in [0.15, 0.2) is 24.3 Å². The van der Waals surface area contributed by atoms with Crippen LogP contribution in [0.2, 0.25) is 0 Å². The Morgan fingerprint density at radius 3 is 2.39 bits per heavy atom. The highest BCUT2D eigenvalue weighted by Crippen LogP contribution is 2.14. The zero-order valence-electron chi connectivity index (χ0n) is 11.6. The first-order chi connectivity index (χ1) is 8.67. The highest BCUT2D eigenvalue weighted by molar-refractivity contribution is 5.24. The monoisotopic (exact) mass is 251 g/mol. The molecule has 1 aromatic rings. The molecule has 0 heterocycles. The van der Waals surface area contributed by atoms with Crippen molar-refractivity contribution in [2.45, 2.75) is 38.8 Å². The molecular weight excluding hydrogens is 226 g/mol. The van der Waals surface area contributed by atoms with Gasteiger partial charge in [-0.3, -0.25) is 0 Å². The van der Waals surface area contributed by atoms with Crippen LogP contribution in [0.3, 0.4) is 0 Å². The molecule has 0 amide bonds. The molecule has 0 bridgehead atoms. The number of benzene rings is 1. The van der Waals surface area contributed by atoms with E-state index in [0.717, 1.165) is 13.0 Å². The Bertz CT molecular complexity index is 322. The fraction of sp³-hybridized carbons (Fsp3) is 0.600. The minimum Gasteiger partial charge on any atom is -0.395 e. The summed E-state index contributed by atoms with van der Waals surface area (Å²) in [5, 5.41) is 12.6. The number of rotatable bonds is 8. The predicted molar refractivity (Wildman–Crippen MR) is 74.7 cm³/mol. The average molecular weight is 251 g/mol. The van der Waals surface area contributed by atoms with Gasteiger partial charge in [-0.2, -0.15) is 0 Å². The molecule has 1 atom stereocenters. The van der Waals surface area contributed by atoms with Gasteiger partial charge in [-0.05, 0) is 23.5 Å². The van der Waals surface area contributed by atoms with E-state index in [0.29, 0.717) is 12.5 Å². The molecule has 1 rings (SSSR count). The molecule has 18 heavy (non-hydrogen) atoms. The van der Waals surface area contributed by atoms with E-state index in [9.17, 15) is 5.11 Å². The van der Waals surface area contributed by atoms with E-state index in [4.69, 9.17) is 4.74 Å². The average Bonchev–Trinajstić information content (AvgIpc) is 2.39. The van der Waals surface area contributed by atoms with Crippen LogP contribution < -0.4 is 5.32 Å². The molecule has 0 saturated heterocycles. The number of hydrogen-bond donors (Lipinski definition) is 2. The highest BCUT2D eigenvalue weighted by Gasteiger charge is 2.06. The lowest BCUT2D eigenvalue weighted by Gasteiger charge is -2.16. The third kappa shape index (κ3) is 5.17. The van der Waals surface area contributed by atoms with Crippen molar-refractivity contribution in [3.8, 4) is 0 Å². The maximum atomic E-state index is 9.23. The van der Waals surface area contributed by atoms with Crippen LogP contribution in [0, 0.1) is 0 Å².